The summed E-state index contributed by atoms with van der Waals surface area (Å²) in [6, 6.07) is 16.4. The van der Waals surface area contributed by atoms with Crippen LogP contribution in [0.25, 0.3) is 22.0 Å². The van der Waals surface area contributed by atoms with Gasteiger partial charge in [0.25, 0.3) is 0 Å². The van der Waals surface area contributed by atoms with Crippen LogP contribution in [0.1, 0.15) is 72.0 Å². The second kappa shape index (κ2) is 18.2. The number of aliphatic carboxylic acids is 1. The van der Waals surface area contributed by atoms with Crippen LogP contribution in [0, 0.1) is 17.7 Å². The minimum absolute atomic E-state index is 0.0104. The summed E-state index contributed by atoms with van der Waals surface area (Å²) < 4.78 is 54.9. The zero-order valence-corrected chi connectivity index (χ0v) is 33.9. The molecule has 62 heavy (non-hydrogen) atoms. The predicted octanol–water partition coefficient (Wildman–Crippen LogP) is 6.99. The molecule has 2 heterocycles. The third-order valence-electron chi connectivity index (χ3n) is 11.8. The molecule has 2 amide bonds. The Morgan fingerprint density at radius 3 is 2.24 bits per heavy atom. The van der Waals surface area contributed by atoms with Crippen molar-refractivity contribution in [3.05, 3.63) is 111 Å². The van der Waals surface area contributed by atoms with Crippen molar-refractivity contribution >= 4 is 52.1 Å². The molecule has 0 spiro atoms. The zero-order valence-electron chi connectivity index (χ0n) is 33.2. The van der Waals surface area contributed by atoms with Crippen molar-refractivity contribution in [2.24, 2.45) is 17.6 Å². The third kappa shape index (κ3) is 9.28. The molecule has 4 aromatic rings. The van der Waals surface area contributed by atoms with E-state index in [0.29, 0.717) is 44.4 Å². The highest BCUT2D eigenvalue weighted by molar-refractivity contribution is 6.38. The minimum Gasteiger partial charge on any atom is -0.477 e. The largest absolute Gasteiger partial charge is 0.490 e. The van der Waals surface area contributed by atoms with Crippen LogP contribution >= 0.6 is 11.6 Å². The molecule has 1 aromatic heterocycles. The number of hydrogen-bond acceptors (Lipinski definition) is 8. The van der Waals surface area contributed by atoms with Crippen LogP contribution in [0.5, 0.6) is 0 Å². The van der Waals surface area contributed by atoms with Crippen molar-refractivity contribution in [1.82, 2.24) is 15.2 Å². The van der Waals surface area contributed by atoms with Crippen LogP contribution in [-0.2, 0) is 14.3 Å². The fourth-order valence-electron chi connectivity index (χ4n) is 8.68. The number of carbonyl (C=O) groups excluding carboxylic acids is 2. The molecule has 2 fully saturated rings. The van der Waals surface area contributed by atoms with Crippen LogP contribution in [-0.4, -0.2) is 83.2 Å². The molecule has 328 valence electrons. The molecule has 0 bridgehead atoms. The van der Waals surface area contributed by atoms with E-state index >= 15 is 4.39 Å². The number of fused-ring (bicyclic) bond motifs is 5. The molecular weight excluding hydrogens is 838 g/mol. The molecular formula is C44H44ClF4N5O8. The summed E-state index contributed by atoms with van der Waals surface area (Å²) in [5.74, 6) is -5.04. The lowest BCUT2D eigenvalue weighted by Gasteiger charge is -2.30. The normalized spacial score (nSPS) is 19.5. The topological polar surface area (TPSA) is 193 Å². The van der Waals surface area contributed by atoms with Crippen LogP contribution in [0.15, 0.2) is 77.7 Å². The van der Waals surface area contributed by atoms with Gasteiger partial charge < -0.3 is 40.8 Å². The van der Waals surface area contributed by atoms with E-state index in [9.17, 15) is 37.5 Å². The zero-order chi connectivity index (χ0) is 44.5. The molecule has 4 atom stereocenters. The summed E-state index contributed by atoms with van der Waals surface area (Å²) in [4.78, 5) is 61.4. The Kier molecular flexibility index (Phi) is 12.9. The monoisotopic (exact) mass is 881 g/mol. The second-order valence-corrected chi connectivity index (χ2v) is 16.3. The van der Waals surface area contributed by atoms with Crippen LogP contribution in [0.4, 0.5) is 28.0 Å². The van der Waals surface area contributed by atoms with Crippen LogP contribution in [0.2, 0.25) is 5.02 Å². The van der Waals surface area contributed by atoms with Gasteiger partial charge in [0.05, 0.1) is 33.7 Å². The number of pyridine rings is 1. The number of rotatable bonds is 12. The third-order valence-corrected chi connectivity index (χ3v) is 12.2. The molecule has 18 heteroatoms. The quantitative estimate of drug-likeness (QED) is 0.0563. The number of anilines is 1. The van der Waals surface area contributed by atoms with Gasteiger partial charge in [0.15, 0.2) is 0 Å². The van der Waals surface area contributed by atoms with Crippen molar-refractivity contribution in [2.75, 3.05) is 31.1 Å². The molecule has 1 aliphatic heterocycles. The first-order valence-electron chi connectivity index (χ1n) is 20.2. The second-order valence-electron chi connectivity index (χ2n) is 15.9. The molecule has 1 saturated heterocycles. The summed E-state index contributed by atoms with van der Waals surface area (Å²) in [5.41, 5.74) is 10.3. The lowest BCUT2D eigenvalue weighted by molar-refractivity contribution is -0.192. The SMILES string of the molecule is N[C@@H](CCCCNC(=O)OCC1c2ccccc2-c2ccccc21)C(=O)NC1C=CCC2CN(c3c(F)cc4c(=O)c(C(=O)O)cn(C5CC5)c4c3Cl)CC21.O=C(O)C(F)(F)F. The highest BCUT2D eigenvalue weighted by atomic mass is 35.5. The van der Waals surface area contributed by atoms with Crippen molar-refractivity contribution in [1.29, 1.82) is 0 Å². The first-order valence-corrected chi connectivity index (χ1v) is 20.6. The number of carbonyl (C=O) groups is 4. The van der Waals surface area contributed by atoms with Crippen LogP contribution < -0.4 is 26.7 Å². The van der Waals surface area contributed by atoms with Gasteiger partial charge in [0.2, 0.25) is 11.3 Å². The number of hydrogen-bond donors (Lipinski definition) is 5. The van der Waals surface area contributed by atoms with Gasteiger partial charge in [-0.15, -0.1) is 0 Å². The number of carboxylic acid groups (broad SMARTS) is 2. The number of nitrogens with zero attached hydrogens (tertiary/aromatic N) is 2. The van der Waals surface area contributed by atoms with Gasteiger partial charge in [-0.05, 0) is 72.8 Å². The Labute approximate surface area is 357 Å². The number of carboxylic acids is 2. The standard InChI is InChI=1S/C42H43ClFN5O6.C2HF3O2/c43-36-37-29(39(50)31(41(52)53)21-49(37)24-15-16-24)18-33(44)38(36)48-19-23-8-7-14-35(30(23)20-48)47-40(51)34(45)13-5-6-17-46-42(54)55-22-32-27-11-3-1-9-25(27)26-10-2-4-12-28(26)32;3-2(4,5)1(6)7/h1-4,7,9-12,14,18,21,23-24,30,32,34-35H,5-6,8,13,15-17,19-20,22,45H2,(H,46,54)(H,47,51)(H,52,53);(H,6,7)/t23?,30?,34-,35?;/m0./s1. The Bertz CT molecular complexity index is 2450. The molecule has 3 aromatic carbocycles. The van der Waals surface area contributed by atoms with Gasteiger partial charge in [0, 0.05) is 43.7 Å². The number of aromatic carboxylic acids is 1. The van der Waals surface area contributed by atoms with E-state index in [2.05, 4.69) is 34.9 Å². The smallest absolute Gasteiger partial charge is 0.477 e. The maximum atomic E-state index is 15.8. The lowest BCUT2D eigenvalue weighted by atomic mass is 9.82. The number of allylic oxidation sites excluding steroid dienone is 1. The molecule has 8 rings (SSSR count). The summed E-state index contributed by atoms with van der Waals surface area (Å²) in [6.45, 7) is 1.54. The first-order chi connectivity index (χ1) is 29.5. The number of alkyl halides is 3. The van der Waals surface area contributed by atoms with Gasteiger partial charge in [-0.25, -0.2) is 18.8 Å². The molecule has 0 radical (unpaired) electrons. The van der Waals surface area contributed by atoms with Crippen molar-refractivity contribution in [2.45, 2.75) is 68.7 Å². The number of nitrogens with two attached hydrogens (primary N) is 1. The van der Waals surface area contributed by atoms with Gasteiger partial charge in [-0.1, -0.05) is 72.3 Å². The van der Waals surface area contributed by atoms with E-state index < -0.39 is 47.1 Å². The summed E-state index contributed by atoms with van der Waals surface area (Å²) >= 11 is 6.91. The highest BCUT2D eigenvalue weighted by Gasteiger charge is 2.42. The summed E-state index contributed by atoms with van der Waals surface area (Å²) in [6.07, 6.45) is 3.77. The number of halogens is 5. The number of nitrogens with one attached hydrogen (secondary N) is 2. The fourth-order valence-corrected chi connectivity index (χ4v) is 9.09. The van der Waals surface area contributed by atoms with E-state index in [4.69, 9.17) is 32.0 Å². The molecule has 13 nitrogen and oxygen atoms in total. The number of aromatic nitrogens is 1. The Balaban J connectivity index is 0.000000762. The molecule has 4 aliphatic rings. The minimum atomic E-state index is -5.08. The maximum Gasteiger partial charge on any atom is 0.490 e. The summed E-state index contributed by atoms with van der Waals surface area (Å²) in [5, 5.41) is 22.7. The average Bonchev–Trinajstić information content (AvgIpc) is 3.91. The van der Waals surface area contributed by atoms with Crippen molar-refractivity contribution in [3.8, 4) is 11.1 Å². The van der Waals surface area contributed by atoms with E-state index in [1.807, 2.05) is 41.3 Å². The average molecular weight is 882 g/mol. The predicted molar refractivity (Wildman–Crippen MR) is 222 cm³/mol. The van der Waals surface area contributed by atoms with Crippen molar-refractivity contribution < 1.29 is 51.7 Å². The van der Waals surface area contributed by atoms with Gasteiger partial charge in [-0.2, -0.15) is 13.2 Å². The van der Waals surface area contributed by atoms with E-state index in [1.165, 1.54) is 17.3 Å². The fraction of sp³-hybridized carbons (Fsp3) is 0.386. The summed E-state index contributed by atoms with van der Waals surface area (Å²) in [7, 11) is 0. The number of ether oxygens (including phenoxy) is 1. The van der Waals surface area contributed by atoms with E-state index in [-0.39, 0.29) is 58.4 Å². The van der Waals surface area contributed by atoms with Gasteiger partial charge in [-0.3, -0.25) is 9.59 Å². The lowest BCUT2D eigenvalue weighted by Crippen LogP contribution is -2.49. The van der Waals surface area contributed by atoms with E-state index in [1.54, 1.807) is 4.57 Å². The number of amides is 2. The molecule has 6 N–H and O–H groups in total. The van der Waals surface area contributed by atoms with Gasteiger partial charge in [0.1, 0.15) is 18.0 Å². The highest BCUT2D eigenvalue weighted by Crippen LogP contribution is 2.46. The van der Waals surface area contributed by atoms with Gasteiger partial charge >= 0.3 is 24.2 Å². The Hall–Kier alpha value is -5.94. The van der Waals surface area contributed by atoms with Crippen molar-refractivity contribution in [3.63, 3.8) is 0 Å². The maximum absolute atomic E-state index is 15.8. The van der Waals surface area contributed by atoms with Crippen LogP contribution in [0.3, 0.4) is 0 Å². The number of alkyl carbamates (subject to hydrolysis) is 1. The molecule has 1 saturated carbocycles. The number of benzene rings is 3. The first kappa shape index (κ1) is 44.1. The Morgan fingerprint density at radius 2 is 1.63 bits per heavy atom. The molecule has 3 unspecified atom stereocenters. The number of unbranched alkanes of at least 4 members (excludes halogenated alkanes) is 1. The van der Waals surface area contributed by atoms with E-state index in [0.717, 1.165) is 36.5 Å². The Morgan fingerprint density at radius 1 is 0.984 bits per heavy atom. The molecule has 3 aliphatic carbocycles.